The Kier molecular flexibility index (Phi) is 6.30. The van der Waals surface area contributed by atoms with Gasteiger partial charge in [0.1, 0.15) is 5.60 Å². The van der Waals surface area contributed by atoms with E-state index in [-0.39, 0.29) is 12.0 Å². The van der Waals surface area contributed by atoms with Crippen LogP contribution in [0.15, 0.2) is 0 Å². The van der Waals surface area contributed by atoms with Crippen LogP contribution >= 0.6 is 0 Å². The molecule has 5 heteroatoms. The number of hydrogen-bond acceptors (Lipinski definition) is 3. The number of amides is 2. The number of unbranched alkanes of at least 4 members (excludes halogenated alkanes) is 2. The highest BCUT2D eigenvalue weighted by Gasteiger charge is 2.27. The average molecular weight is 283 g/mol. The highest BCUT2D eigenvalue weighted by Crippen LogP contribution is 2.12. The lowest BCUT2D eigenvalue weighted by atomic mass is 10.2. The fraction of sp³-hybridized carbons (Fsp3) is 0.800. The molecular weight excluding hydrogens is 256 g/mol. The standard InChI is InChI=1S/C15H27N2O3/c1-5-6-7-8-13(18)16-9-11-17(12-10-16)14(19)20-15(2,3)4/h1,5-12H2,2-4H3. The van der Waals surface area contributed by atoms with Gasteiger partial charge in [-0.2, -0.15) is 0 Å². The highest BCUT2D eigenvalue weighted by atomic mass is 16.6. The van der Waals surface area contributed by atoms with Gasteiger partial charge in [0.25, 0.3) is 0 Å². The molecule has 1 aliphatic rings. The van der Waals surface area contributed by atoms with E-state index < -0.39 is 5.60 Å². The van der Waals surface area contributed by atoms with Crippen LogP contribution in [0.25, 0.3) is 0 Å². The first-order chi connectivity index (χ1) is 9.33. The van der Waals surface area contributed by atoms with Crippen LogP contribution in [-0.4, -0.2) is 53.6 Å². The van der Waals surface area contributed by atoms with Gasteiger partial charge in [0, 0.05) is 32.6 Å². The van der Waals surface area contributed by atoms with Crippen LogP contribution in [0.3, 0.4) is 0 Å². The molecular formula is C15H27N2O3. The third kappa shape index (κ3) is 5.80. The maximum absolute atomic E-state index is 11.9. The molecule has 0 saturated carbocycles. The van der Waals surface area contributed by atoms with Gasteiger partial charge in [0.15, 0.2) is 0 Å². The van der Waals surface area contributed by atoms with Crippen LogP contribution in [-0.2, 0) is 9.53 Å². The van der Waals surface area contributed by atoms with Gasteiger partial charge in [-0.3, -0.25) is 4.79 Å². The SMILES string of the molecule is [CH2]CCCCC(=O)N1CCN(C(=O)OC(C)(C)C)CC1. The fourth-order valence-electron chi connectivity index (χ4n) is 2.08. The molecule has 5 nitrogen and oxygen atoms in total. The van der Waals surface area contributed by atoms with Gasteiger partial charge in [0.2, 0.25) is 5.91 Å². The van der Waals surface area contributed by atoms with Crippen molar-refractivity contribution in [3.63, 3.8) is 0 Å². The van der Waals surface area contributed by atoms with Crippen LogP contribution in [0.4, 0.5) is 4.79 Å². The van der Waals surface area contributed by atoms with Crippen LogP contribution in [0, 0.1) is 6.92 Å². The van der Waals surface area contributed by atoms with Crippen LogP contribution in [0.1, 0.15) is 46.5 Å². The Morgan fingerprint density at radius 1 is 1.05 bits per heavy atom. The van der Waals surface area contributed by atoms with Gasteiger partial charge in [-0.05, 0) is 27.2 Å². The van der Waals surface area contributed by atoms with Crippen molar-refractivity contribution in [2.24, 2.45) is 0 Å². The van der Waals surface area contributed by atoms with Crippen molar-refractivity contribution in [2.75, 3.05) is 26.2 Å². The van der Waals surface area contributed by atoms with Gasteiger partial charge < -0.3 is 14.5 Å². The molecule has 0 aliphatic carbocycles. The Hall–Kier alpha value is -1.26. The highest BCUT2D eigenvalue weighted by molar-refractivity contribution is 5.76. The summed E-state index contributed by atoms with van der Waals surface area (Å²) >= 11 is 0. The summed E-state index contributed by atoms with van der Waals surface area (Å²) in [5, 5.41) is 0. The largest absolute Gasteiger partial charge is 0.444 e. The summed E-state index contributed by atoms with van der Waals surface area (Å²) in [5.74, 6) is 0.183. The van der Waals surface area contributed by atoms with Gasteiger partial charge in [-0.15, -0.1) is 0 Å². The number of carbonyl (C=O) groups is 2. The number of rotatable bonds is 4. The molecule has 0 aromatic carbocycles. The zero-order chi connectivity index (χ0) is 15.2. The number of piperazine rings is 1. The maximum Gasteiger partial charge on any atom is 0.410 e. The third-order valence-corrected chi connectivity index (χ3v) is 3.17. The predicted molar refractivity (Wildman–Crippen MR) is 78.2 cm³/mol. The first-order valence-corrected chi connectivity index (χ1v) is 7.38. The Balaban J connectivity index is 2.32. The Bertz CT molecular complexity index is 329. The van der Waals surface area contributed by atoms with Crippen molar-refractivity contribution in [1.29, 1.82) is 0 Å². The van der Waals surface area contributed by atoms with E-state index in [2.05, 4.69) is 6.92 Å². The van der Waals surface area contributed by atoms with E-state index >= 15 is 0 Å². The molecule has 1 radical (unpaired) electrons. The van der Waals surface area contributed by atoms with Crippen molar-refractivity contribution in [3.05, 3.63) is 6.92 Å². The van der Waals surface area contributed by atoms with E-state index in [9.17, 15) is 9.59 Å². The van der Waals surface area contributed by atoms with Crippen LogP contribution < -0.4 is 0 Å². The van der Waals surface area contributed by atoms with Gasteiger partial charge in [0.05, 0.1) is 0 Å². The molecule has 2 amide bonds. The van der Waals surface area contributed by atoms with E-state index in [1.807, 2.05) is 25.7 Å². The van der Waals surface area contributed by atoms with Crippen molar-refractivity contribution in [2.45, 2.75) is 52.1 Å². The van der Waals surface area contributed by atoms with Crippen molar-refractivity contribution in [3.8, 4) is 0 Å². The lowest BCUT2D eigenvalue weighted by molar-refractivity contribution is -0.133. The van der Waals surface area contributed by atoms with E-state index in [1.54, 1.807) is 4.90 Å². The summed E-state index contributed by atoms with van der Waals surface area (Å²) in [7, 11) is 0. The second-order valence-electron chi connectivity index (χ2n) is 6.16. The van der Waals surface area contributed by atoms with E-state index in [0.717, 1.165) is 19.3 Å². The molecule has 1 fully saturated rings. The molecule has 0 unspecified atom stereocenters. The first kappa shape index (κ1) is 16.8. The summed E-state index contributed by atoms with van der Waals surface area (Å²) in [6, 6.07) is 0. The molecule has 1 heterocycles. The molecule has 1 saturated heterocycles. The van der Waals surface area contributed by atoms with Crippen molar-refractivity contribution in [1.82, 2.24) is 9.80 Å². The van der Waals surface area contributed by atoms with Gasteiger partial charge in [-0.25, -0.2) is 4.79 Å². The summed E-state index contributed by atoms with van der Waals surface area (Å²) in [6.07, 6.45) is 3.06. The summed E-state index contributed by atoms with van der Waals surface area (Å²) in [5.41, 5.74) is -0.474. The number of carbonyl (C=O) groups excluding carboxylic acids is 2. The number of hydrogen-bond donors (Lipinski definition) is 0. The zero-order valence-electron chi connectivity index (χ0n) is 13.0. The maximum atomic E-state index is 11.9. The zero-order valence-corrected chi connectivity index (χ0v) is 13.0. The number of ether oxygens (including phenoxy) is 1. The second kappa shape index (κ2) is 7.50. The molecule has 0 bridgehead atoms. The Morgan fingerprint density at radius 3 is 2.10 bits per heavy atom. The van der Waals surface area contributed by atoms with Gasteiger partial charge in [-0.1, -0.05) is 19.8 Å². The molecule has 0 N–H and O–H groups in total. The summed E-state index contributed by atoms with van der Waals surface area (Å²) < 4.78 is 5.33. The third-order valence-electron chi connectivity index (χ3n) is 3.17. The fourth-order valence-corrected chi connectivity index (χ4v) is 2.08. The molecule has 0 spiro atoms. The van der Waals surface area contributed by atoms with Crippen molar-refractivity contribution >= 4 is 12.0 Å². The molecule has 115 valence electrons. The second-order valence-corrected chi connectivity index (χ2v) is 6.16. The molecule has 0 aromatic rings. The average Bonchev–Trinajstić information content (AvgIpc) is 2.37. The van der Waals surface area contributed by atoms with E-state index in [1.165, 1.54) is 0 Å². The molecule has 0 aromatic heterocycles. The lowest BCUT2D eigenvalue weighted by Gasteiger charge is -2.35. The van der Waals surface area contributed by atoms with Gasteiger partial charge >= 0.3 is 6.09 Å². The first-order valence-electron chi connectivity index (χ1n) is 7.38. The minimum atomic E-state index is -0.474. The van der Waals surface area contributed by atoms with Crippen LogP contribution in [0.5, 0.6) is 0 Å². The minimum absolute atomic E-state index is 0.183. The molecule has 0 atom stereocenters. The topological polar surface area (TPSA) is 49.9 Å². The molecule has 20 heavy (non-hydrogen) atoms. The molecule has 1 rings (SSSR count). The monoisotopic (exact) mass is 283 g/mol. The normalized spacial score (nSPS) is 16.2. The predicted octanol–water partition coefficient (Wildman–Crippen LogP) is 2.46. The van der Waals surface area contributed by atoms with E-state index in [0.29, 0.717) is 32.6 Å². The number of nitrogens with zero attached hydrogens (tertiary/aromatic N) is 2. The van der Waals surface area contributed by atoms with E-state index in [4.69, 9.17) is 4.74 Å². The minimum Gasteiger partial charge on any atom is -0.444 e. The summed E-state index contributed by atoms with van der Waals surface area (Å²) in [4.78, 5) is 27.4. The van der Waals surface area contributed by atoms with Crippen molar-refractivity contribution < 1.29 is 14.3 Å². The summed E-state index contributed by atoms with van der Waals surface area (Å²) in [6.45, 7) is 11.6. The Labute approximate surface area is 122 Å². The Morgan fingerprint density at radius 2 is 1.60 bits per heavy atom. The van der Waals surface area contributed by atoms with Crippen LogP contribution in [0.2, 0.25) is 0 Å². The lowest BCUT2D eigenvalue weighted by Crippen LogP contribution is -2.51. The quantitative estimate of drug-likeness (QED) is 0.745. The molecule has 1 aliphatic heterocycles. The smallest absolute Gasteiger partial charge is 0.410 e.